The molecule has 12 heteroatoms. The number of sulfone groups is 1. The maximum atomic E-state index is 13.1. The predicted molar refractivity (Wildman–Crippen MR) is 125 cm³/mol. The lowest BCUT2D eigenvalue weighted by Crippen LogP contribution is -2.25. The smallest absolute Gasteiger partial charge is 0.475 e. The van der Waals surface area contributed by atoms with Crippen LogP contribution in [0.5, 0.6) is 0 Å². The number of hydrogen-bond donors (Lipinski definition) is 1. The summed E-state index contributed by atoms with van der Waals surface area (Å²) in [6, 6.07) is 8.26. The highest BCUT2D eigenvalue weighted by molar-refractivity contribution is 7.92. The number of likely N-dealkylation sites (tertiary alicyclic amines) is 1. The molecule has 1 aromatic carbocycles. The quantitative estimate of drug-likeness (QED) is 0.534. The van der Waals surface area contributed by atoms with Gasteiger partial charge >= 0.3 is 12.1 Å². The molecular formula is C23H24F3N3O4S2. The summed E-state index contributed by atoms with van der Waals surface area (Å²) in [6.07, 6.45) is -1.12. The third-order valence-electron chi connectivity index (χ3n) is 6.14. The van der Waals surface area contributed by atoms with Crippen molar-refractivity contribution >= 4 is 27.1 Å². The lowest BCUT2D eigenvalue weighted by molar-refractivity contribution is -0.192. The largest absolute Gasteiger partial charge is 0.490 e. The van der Waals surface area contributed by atoms with Crippen LogP contribution < -0.4 is 0 Å². The van der Waals surface area contributed by atoms with E-state index in [1.807, 2.05) is 23.0 Å². The van der Waals surface area contributed by atoms with Crippen LogP contribution in [0.25, 0.3) is 11.1 Å². The van der Waals surface area contributed by atoms with Crippen molar-refractivity contribution < 1.29 is 31.5 Å². The molecule has 5 rings (SSSR count). The van der Waals surface area contributed by atoms with Gasteiger partial charge in [0.2, 0.25) is 0 Å². The van der Waals surface area contributed by atoms with E-state index >= 15 is 0 Å². The number of carbonyl (C=O) groups is 1. The van der Waals surface area contributed by atoms with Crippen LogP contribution >= 0.6 is 11.3 Å². The summed E-state index contributed by atoms with van der Waals surface area (Å²) in [5, 5.41) is 15.4. The van der Waals surface area contributed by atoms with E-state index in [0.29, 0.717) is 17.5 Å². The number of alkyl halides is 3. The summed E-state index contributed by atoms with van der Waals surface area (Å²) in [5.74, 6) is -2.70. The predicted octanol–water partition coefficient (Wildman–Crippen LogP) is 4.58. The van der Waals surface area contributed by atoms with Crippen LogP contribution in [0.2, 0.25) is 0 Å². The third-order valence-corrected chi connectivity index (χ3v) is 9.09. The van der Waals surface area contributed by atoms with E-state index < -0.39 is 22.0 Å². The van der Waals surface area contributed by atoms with Crippen molar-refractivity contribution in [3.63, 3.8) is 0 Å². The molecular weight excluding hydrogens is 503 g/mol. The molecule has 7 nitrogen and oxygen atoms in total. The monoisotopic (exact) mass is 527 g/mol. The lowest BCUT2D eigenvalue weighted by Gasteiger charge is -2.16. The number of halogens is 3. The van der Waals surface area contributed by atoms with E-state index in [2.05, 4.69) is 52.9 Å². The van der Waals surface area contributed by atoms with Crippen molar-refractivity contribution in [3.05, 3.63) is 58.5 Å². The fraction of sp³-hybridized carbons (Fsp3) is 0.391. The first-order chi connectivity index (χ1) is 16.4. The molecule has 2 atom stereocenters. The fourth-order valence-electron chi connectivity index (χ4n) is 4.46. The fourth-order valence-corrected chi connectivity index (χ4v) is 7.32. The molecule has 0 spiro atoms. The second-order valence-corrected chi connectivity index (χ2v) is 11.8. The third kappa shape index (κ3) is 5.14. The Bertz CT molecular complexity index is 1320. The molecule has 0 aliphatic carbocycles. The Hall–Kier alpha value is -2.70. The van der Waals surface area contributed by atoms with Gasteiger partial charge in [0.25, 0.3) is 0 Å². The topological polar surface area (TPSA) is 92.5 Å². The number of carboxylic acids is 1. The first kappa shape index (κ1) is 25.4. The van der Waals surface area contributed by atoms with E-state index in [4.69, 9.17) is 9.90 Å². The van der Waals surface area contributed by atoms with Crippen molar-refractivity contribution in [2.24, 2.45) is 0 Å². The average molecular weight is 528 g/mol. The van der Waals surface area contributed by atoms with Crippen LogP contribution in [0.1, 0.15) is 36.9 Å². The van der Waals surface area contributed by atoms with Gasteiger partial charge in [-0.2, -0.15) is 29.6 Å². The lowest BCUT2D eigenvalue weighted by atomic mass is 9.95. The standard InChI is InChI=1S/C21H23N3O2S2.C2HF3O2/c1-14(2)24-10-15(8-22-24)9-23-11-19-18-7-16(17-5-6-27-13-17)3-4-20(18)28(25,26)21(19)12-23;3-2(4,5)1(6)7/h3-8,10,13-14,19,21H,9,11-12H2,1-2H3;(H,6,7). The van der Waals surface area contributed by atoms with Gasteiger partial charge in [0, 0.05) is 43.4 Å². The van der Waals surface area contributed by atoms with Gasteiger partial charge in [0.15, 0.2) is 9.84 Å². The molecule has 1 fully saturated rings. The average Bonchev–Trinajstić information content (AvgIpc) is 3.56. The second-order valence-electron chi connectivity index (χ2n) is 8.87. The Morgan fingerprint density at radius 3 is 2.51 bits per heavy atom. The van der Waals surface area contributed by atoms with E-state index in [1.165, 1.54) is 0 Å². The zero-order chi connectivity index (χ0) is 25.5. The van der Waals surface area contributed by atoms with Gasteiger partial charge in [-0.15, -0.1) is 0 Å². The van der Waals surface area contributed by atoms with Crippen LogP contribution in [0.15, 0.2) is 52.3 Å². The van der Waals surface area contributed by atoms with Crippen molar-refractivity contribution in [2.75, 3.05) is 13.1 Å². The maximum Gasteiger partial charge on any atom is 0.490 e. The van der Waals surface area contributed by atoms with Crippen molar-refractivity contribution in [1.29, 1.82) is 0 Å². The first-order valence-corrected chi connectivity index (χ1v) is 13.3. The van der Waals surface area contributed by atoms with Gasteiger partial charge in [-0.05, 0) is 59.5 Å². The highest BCUT2D eigenvalue weighted by atomic mass is 32.2. The summed E-state index contributed by atoms with van der Waals surface area (Å²) in [5.41, 5.74) is 4.39. The second kappa shape index (κ2) is 9.40. The van der Waals surface area contributed by atoms with Crippen molar-refractivity contribution in [1.82, 2.24) is 14.7 Å². The van der Waals surface area contributed by atoms with Crippen LogP contribution in [0.3, 0.4) is 0 Å². The van der Waals surface area contributed by atoms with Crippen LogP contribution in [0.4, 0.5) is 13.2 Å². The van der Waals surface area contributed by atoms with E-state index in [9.17, 15) is 21.6 Å². The zero-order valence-electron chi connectivity index (χ0n) is 18.9. The molecule has 2 aliphatic rings. The molecule has 0 amide bonds. The molecule has 0 bridgehead atoms. The Kier molecular flexibility index (Phi) is 6.82. The molecule has 4 heterocycles. The Labute approximate surface area is 204 Å². The number of benzene rings is 1. The van der Waals surface area contributed by atoms with E-state index in [0.717, 1.165) is 35.3 Å². The molecule has 2 aromatic heterocycles. The van der Waals surface area contributed by atoms with Crippen LogP contribution in [-0.2, 0) is 21.2 Å². The van der Waals surface area contributed by atoms with Crippen LogP contribution in [-0.4, -0.2) is 58.7 Å². The Morgan fingerprint density at radius 1 is 1.23 bits per heavy atom. The molecule has 0 saturated carbocycles. The molecule has 0 radical (unpaired) electrons. The zero-order valence-corrected chi connectivity index (χ0v) is 20.6. The minimum Gasteiger partial charge on any atom is -0.475 e. The summed E-state index contributed by atoms with van der Waals surface area (Å²) < 4.78 is 59.9. The highest BCUT2D eigenvalue weighted by Gasteiger charge is 2.50. The minimum atomic E-state index is -5.08. The normalized spacial score (nSPS) is 20.9. The van der Waals surface area contributed by atoms with Gasteiger partial charge < -0.3 is 5.11 Å². The number of nitrogens with zero attached hydrogens (tertiary/aromatic N) is 3. The summed E-state index contributed by atoms with van der Waals surface area (Å²) >= 11 is 1.66. The summed E-state index contributed by atoms with van der Waals surface area (Å²) in [7, 11) is -3.26. The van der Waals surface area contributed by atoms with Crippen molar-refractivity contribution in [3.8, 4) is 11.1 Å². The number of aromatic nitrogens is 2. The van der Waals surface area contributed by atoms with Gasteiger partial charge in [-0.3, -0.25) is 9.58 Å². The summed E-state index contributed by atoms with van der Waals surface area (Å²) in [4.78, 5) is 11.7. The molecule has 1 saturated heterocycles. The van der Waals surface area contributed by atoms with Gasteiger partial charge in [0.05, 0.1) is 16.3 Å². The molecule has 188 valence electrons. The number of rotatable bonds is 4. The molecule has 2 unspecified atom stereocenters. The van der Waals surface area contributed by atoms with Crippen molar-refractivity contribution in [2.45, 2.75) is 48.7 Å². The highest BCUT2D eigenvalue weighted by Crippen LogP contribution is 2.46. The van der Waals surface area contributed by atoms with Crippen LogP contribution in [0, 0.1) is 0 Å². The Morgan fingerprint density at radius 2 is 1.94 bits per heavy atom. The Balaban J connectivity index is 0.000000364. The number of carboxylic acid groups (broad SMARTS) is 1. The maximum absolute atomic E-state index is 13.1. The minimum absolute atomic E-state index is 0.0544. The van der Waals surface area contributed by atoms with Gasteiger partial charge in [0.1, 0.15) is 0 Å². The molecule has 3 aromatic rings. The molecule has 2 aliphatic heterocycles. The van der Waals surface area contributed by atoms with Gasteiger partial charge in [-0.25, -0.2) is 13.2 Å². The SMILES string of the molecule is CC(C)n1cc(CN2CC3c4cc(-c5ccsc5)ccc4S(=O)(=O)C3C2)cn1.O=C(O)C(F)(F)F. The van der Waals surface area contributed by atoms with E-state index in [-0.39, 0.29) is 11.2 Å². The number of hydrogen-bond acceptors (Lipinski definition) is 6. The van der Waals surface area contributed by atoms with E-state index in [1.54, 1.807) is 11.3 Å². The number of fused-ring (bicyclic) bond motifs is 3. The number of thiophene rings is 1. The first-order valence-electron chi connectivity index (χ1n) is 10.8. The molecule has 35 heavy (non-hydrogen) atoms. The van der Waals surface area contributed by atoms with Gasteiger partial charge in [-0.1, -0.05) is 6.07 Å². The number of aliphatic carboxylic acids is 1. The summed E-state index contributed by atoms with van der Waals surface area (Å²) in [6.45, 7) is 6.31. The molecule has 1 N–H and O–H groups in total.